The van der Waals surface area contributed by atoms with Crippen LogP contribution in [0.5, 0.6) is 0 Å². The molecule has 0 heterocycles. The average Bonchev–Trinajstić information content (AvgIpc) is 3.18. The molecule has 106 valence electrons. The van der Waals surface area contributed by atoms with E-state index in [9.17, 15) is 0 Å². The van der Waals surface area contributed by atoms with Crippen molar-refractivity contribution in [2.45, 2.75) is 65.2 Å². The van der Waals surface area contributed by atoms with Crippen LogP contribution in [-0.4, -0.2) is 0 Å². The van der Waals surface area contributed by atoms with Crippen LogP contribution in [-0.2, 0) is 0 Å². The summed E-state index contributed by atoms with van der Waals surface area (Å²) in [4.78, 5) is 0. The summed E-state index contributed by atoms with van der Waals surface area (Å²) >= 11 is 0. The molecule has 4 aliphatic carbocycles. The minimum atomic E-state index is 0.902. The van der Waals surface area contributed by atoms with Gasteiger partial charge in [-0.1, -0.05) is 30.2 Å². The highest BCUT2D eigenvalue weighted by Gasteiger charge is 2.39. The van der Waals surface area contributed by atoms with Gasteiger partial charge in [0, 0.05) is 0 Å². The molecule has 19 heavy (non-hydrogen) atoms. The predicted molar refractivity (Wildman–Crippen MR) is 83.0 cm³/mol. The first-order valence-electron chi connectivity index (χ1n) is 8.47. The number of allylic oxidation sites excluding steroid dienone is 3. The van der Waals surface area contributed by atoms with E-state index in [1.807, 2.05) is 0 Å². The average molecular weight is 258 g/mol. The molecule has 5 atom stereocenters. The SMILES string of the molecule is C/C=C1/CC2CCC1C2.C=C(C)C1CC2CCC1C2. The topological polar surface area (TPSA) is 0 Å². The fourth-order valence-corrected chi connectivity index (χ4v) is 5.30. The molecule has 0 aromatic rings. The lowest BCUT2D eigenvalue weighted by Gasteiger charge is -2.21. The molecule has 0 N–H and O–H groups in total. The van der Waals surface area contributed by atoms with Gasteiger partial charge in [-0.3, -0.25) is 0 Å². The lowest BCUT2D eigenvalue weighted by atomic mass is 9.84. The Bertz CT molecular complexity index is 375. The number of hydrogen-bond donors (Lipinski definition) is 0. The second kappa shape index (κ2) is 5.46. The van der Waals surface area contributed by atoms with Crippen molar-refractivity contribution in [3.05, 3.63) is 23.8 Å². The monoisotopic (exact) mass is 258 g/mol. The molecule has 0 amide bonds. The van der Waals surface area contributed by atoms with Gasteiger partial charge in [-0.15, -0.1) is 0 Å². The van der Waals surface area contributed by atoms with Crippen LogP contribution in [0.15, 0.2) is 23.8 Å². The van der Waals surface area contributed by atoms with Crippen LogP contribution in [0.1, 0.15) is 65.2 Å². The van der Waals surface area contributed by atoms with E-state index >= 15 is 0 Å². The molecule has 0 spiro atoms. The molecule has 4 rings (SSSR count). The minimum Gasteiger partial charge on any atom is -0.0999 e. The van der Waals surface area contributed by atoms with Crippen LogP contribution in [0, 0.1) is 29.6 Å². The zero-order valence-electron chi connectivity index (χ0n) is 12.8. The lowest BCUT2D eigenvalue weighted by Crippen LogP contribution is -2.10. The van der Waals surface area contributed by atoms with Crippen LogP contribution in [0.25, 0.3) is 0 Å². The smallest absolute Gasteiger partial charge is 0.0178 e. The van der Waals surface area contributed by atoms with Crippen LogP contribution in [0.3, 0.4) is 0 Å². The van der Waals surface area contributed by atoms with Gasteiger partial charge in [0.05, 0.1) is 0 Å². The van der Waals surface area contributed by atoms with Crippen molar-refractivity contribution in [1.82, 2.24) is 0 Å². The summed E-state index contributed by atoms with van der Waals surface area (Å²) in [5, 5.41) is 0. The van der Waals surface area contributed by atoms with Crippen molar-refractivity contribution in [1.29, 1.82) is 0 Å². The van der Waals surface area contributed by atoms with Crippen molar-refractivity contribution < 1.29 is 0 Å². The van der Waals surface area contributed by atoms with Crippen LogP contribution < -0.4 is 0 Å². The Balaban J connectivity index is 0.000000117. The van der Waals surface area contributed by atoms with Crippen molar-refractivity contribution >= 4 is 0 Å². The van der Waals surface area contributed by atoms with Gasteiger partial charge in [0.15, 0.2) is 0 Å². The van der Waals surface area contributed by atoms with Gasteiger partial charge < -0.3 is 0 Å². The van der Waals surface area contributed by atoms with E-state index < -0.39 is 0 Å². The summed E-state index contributed by atoms with van der Waals surface area (Å²) in [7, 11) is 0. The van der Waals surface area contributed by atoms with Crippen LogP contribution >= 0.6 is 0 Å². The van der Waals surface area contributed by atoms with E-state index in [0.29, 0.717) is 0 Å². The van der Waals surface area contributed by atoms with Gasteiger partial charge in [-0.05, 0) is 88.4 Å². The van der Waals surface area contributed by atoms with E-state index in [4.69, 9.17) is 0 Å². The van der Waals surface area contributed by atoms with Crippen molar-refractivity contribution in [2.75, 3.05) is 0 Å². The summed E-state index contributed by atoms with van der Waals surface area (Å²) < 4.78 is 0. The van der Waals surface area contributed by atoms with E-state index in [1.165, 1.54) is 56.9 Å². The molecule has 5 unspecified atom stereocenters. The second-order valence-electron chi connectivity index (χ2n) is 7.57. The highest BCUT2D eigenvalue weighted by Crippen LogP contribution is 2.50. The highest BCUT2D eigenvalue weighted by molar-refractivity contribution is 5.15. The Labute approximate surface area is 119 Å². The highest BCUT2D eigenvalue weighted by atomic mass is 14.4. The lowest BCUT2D eigenvalue weighted by molar-refractivity contribution is 0.379. The molecule has 4 bridgehead atoms. The minimum absolute atomic E-state index is 0.902. The second-order valence-corrected chi connectivity index (χ2v) is 7.57. The third-order valence-corrected chi connectivity index (χ3v) is 6.33. The zero-order chi connectivity index (χ0) is 13.4. The van der Waals surface area contributed by atoms with Gasteiger partial charge >= 0.3 is 0 Å². The first-order valence-corrected chi connectivity index (χ1v) is 8.47. The molecule has 4 fully saturated rings. The molecule has 0 heteroatoms. The van der Waals surface area contributed by atoms with E-state index in [1.54, 1.807) is 5.57 Å². The first-order chi connectivity index (χ1) is 9.17. The number of rotatable bonds is 1. The van der Waals surface area contributed by atoms with Crippen molar-refractivity contribution in [2.24, 2.45) is 29.6 Å². The van der Waals surface area contributed by atoms with Gasteiger partial charge in [0.1, 0.15) is 0 Å². The summed E-state index contributed by atoms with van der Waals surface area (Å²) in [5.41, 5.74) is 3.19. The molecule has 4 saturated carbocycles. The van der Waals surface area contributed by atoms with E-state index in [-0.39, 0.29) is 0 Å². The molecule has 0 aromatic carbocycles. The summed E-state index contributed by atoms with van der Waals surface area (Å²) in [6.45, 7) is 8.45. The predicted octanol–water partition coefficient (Wildman–Crippen LogP) is 5.75. The van der Waals surface area contributed by atoms with Crippen LogP contribution in [0.4, 0.5) is 0 Å². The maximum Gasteiger partial charge on any atom is -0.0178 e. The largest absolute Gasteiger partial charge is 0.0999 e. The normalized spacial score (nSPS) is 44.5. The standard InChI is InChI=1S/C10H16.C9H14/c1-7(2)10-6-8-3-4-9(10)5-8;1-2-8-5-7-3-4-9(8)6-7/h8-10H,1,3-6H2,2H3;2,7,9H,3-6H2,1H3/b;8-2-. The van der Waals surface area contributed by atoms with Crippen molar-refractivity contribution in [3.63, 3.8) is 0 Å². The quantitative estimate of drug-likeness (QED) is 0.525. The third-order valence-electron chi connectivity index (χ3n) is 6.33. The molecular weight excluding hydrogens is 228 g/mol. The molecule has 0 aliphatic heterocycles. The molecule has 0 aromatic heterocycles. The van der Waals surface area contributed by atoms with Gasteiger partial charge in [-0.2, -0.15) is 0 Å². The summed E-state index contributed by atoms with van der Waals surface area (Å²) in [5.74, 6) is 5.11. The number of hydrogen-bond acceptors (Lipinski definition) is 0. The van der Waals surface area contributed by atoms with Gasteiger partial charge in [0.2, 0.25) is 0 Å². The van der Waals surface area contributed by atoms with Crippen molar-refractivity contribution in [3.8, 4) is 0 Å². The Morgan fingerprint density at radius 1 is 1.05 bits per heavy atom. The Kier molecular flexibility index (Phi) is 3.87. The first kappa shape index (κ1) is 13.5. The Morgan fingerprint density at radius 3 is 2.16 bits per heavy atom. The fraction of sp³-hybridized carbons (Fsp3) is 0.789. The molecular formula is C19H30. The van der Waals surface area contributed by atoms with E-state index in [2.05, 4.69) is 26.5 Å². The van der Waals surface area contributed by atoms with Gasteiger partial charge in [0.25, 0.3) is 0 Å². The van der Waals surface area contributed by atoms with Crippen LogP contribution in [0.2, 0.25) is 0 Å². The maximum atomic E-state index is 4.06. The van der Waals surface area contributed by atoms with Gasteiger partial charge in [-0.25, -0.2) is 0 Å². The molecule has 0 nitrogen and oxygen atoms in total. The molecule has 0 saturated heterocycles. The zero-order valence-corrected chi connectivity index (χ0v) is 12.8. The Morgan fingerprint density at radius 2 is 1.84 bits per heavy atom. The Hall–Kier alpha value is -0.520. The fourth-order valence-electron chi connectivity index (χ4n) is 5.30. The summed E-state index contributed by atoms with van der Waals surface area (Å²) in [6.07, 6.45) is 14.3. The molecule has 0 radical (unpaired) electrons. The molecule has 4 aliphatic rings. The van der Waals surface area contributed by atoms with E-state index in [0.717, 1.165) is 29.6 Å². The maximum absolute atomic E-state index is 4.06. The third kappa shape index (κ3) is 2.69. The summed E-state index contributed by atoms with van der Waals surface area (Å²) in [6, 6.07) is 0. The number of fused-ring (bicyclic) bond motifs is 4.